The number of benzene rings is 2. The molecule has 0 bridgehead atoms. The molecule has 3 aromatic heterocycles. The van der Waals surface area contributed by atoms with Gasteiger partial charge in [-0.2, -0.15) is 0 Å². The van der Waals surface area contributed by atoms with Gasteiger partial charge in [0.2, 0.25) is 5.95 Å². The summed E-state index contributed by atoms with van der Waals surface area (Å²) in [6.45, 7) is 4.67. The Morgan fingerprint density at radius 1 is 1.05 bits per heavy atom. The van der Waals surface area contributed by atoms with Crippen LogP contribution >= 0.6 is 11.6 Å². The lowest BCUT2D eigenvalue weighted by molar-refractivity contribution is -0.161. The minimum absolute atomic E-state index is 0.0313. The van der Waals surface area contributed by atoms with Gasteiger partial charge in [-0.3, -0.25) is 0 Å². The number of hydrogen-bond donors (Lipinski definition) is 1. The number of aromatic nitrogens is 5. The Balaban J connectivity index is 1.02. The Hall–Kier alpha value is -3.79. The minimum Gasteiger partial charge on any atom is -0.497 e. The van der Waals surface area contributed by atoms with Crippen LogP contribution in [-0.2, 0) is 22.4 Å². The average molecular weight is 597 g/mol. The Labute approximate surface area is 254 Å². The van der Waals surface area contributed by atoms with Gasteiger partial charge >= 0.3 is 0 Å². The van der Waals surface area contributed by atoms with Gasteiger partial charge in [0.15, 0.2) is 5.79 Å². The van der Waals surface area contributed by atoms with E-state index >= 15 is 0 Å². The van der Waals surface area contributed by atoms with Crippen LogP contribution in [0.1, 0.15) is 43.9 Å². The number of hydrogen-bond acceptors (Lipinski definition) is 8. The second-order valence-corrected chi connectivity index (χ2v) is 12.8. The quantitative estimate of drug-likeness (QED) is 0.207. The predicted molar refractivity (Wildman–Crippen MR) is 164 cm³/mol. The van der Waals surface area contributed by atoms with Crippen molar-refractivity contribution in [3.8, 4) is 5.75 Å². The van der Waals surface area contributed by atoms with Gasteiger partial charge in [0.25, 0.3) is 0 Å². The monoisotopic (exact) mass is 596 g/mol. The Kier molecular flexibility index (Phi) is 6.15. The zero-order chi connectivity index (χ0) is 29.3. The maximum atomic E-state index is 6.61. The average Bonchev–Trinajstić information content (AvgIpc) is 3.26. The van der Waals surface area contributed by atoms with Crippen molar-refractivity contribution in [2.75, 3.05) is 12.4 Å². The van der Waals surface area contributed by atoms with Crippen molar-refractivity contribution < 1.29 is 14.2 Å². The second kappa shape index (κ2) is 9.87. The van der Waals surface area contributed by atoms with E-state index in [1.165, 1.54) is 11.9 Å². The predicted octanol–water partition coefficient (Wildman–Crippen LogP) is 6.36. The summed E-state index contributed by atoms with van der Waals surface area (Å²) < 4.78 is 20.7. The number of methoxy groups -OCH3 is 1. The molecule has 0 amide bonds. The van der Waals surface area contributed by atoms with E-state index in [0.717, 1.165) is 52.5 Å². The Morgan fingerprint density at radius 3 is 2.72 bits per heavy atom. The summed E-state index contributed by atoms with van der Waals surface area (Å²) in [5.41, 5.74) is 4.24. The third-order valence-corrected chi connectivity index (χ3v) is 9.84. The summed E-state index contributed by atoms with van der Waals surface area (Å²) in [6.07, 6.45) is 8.55. The topological polar surface area (TPSA) is 96.2 Å². The van der Waals surface area contributed by atoms with Crippen LogP contribution in [-0.4, -0.2) is 49.6 Å². The highest BCUT2D eigenvalue weighted by Crippen LogP contribution is 2.73. The smallest absolute Gasteiger partial charge is 0.223 e. The van der Waals surface area contributed by atoms with E-state index in [1.54, 1.807) is 7.11 Å². The zero-order valence-electron chi connectivity index (χ0n) is 24.3. The fourth-order valence-corrected chi connectivity index (χ4v) is 7.62. The molecule has 10 heteroatoms. The third kappa shape index (κ3) is 4.53. The van der Waals surface area contributed by atoms with Crippen molar-refractivity contribution in [3.05, 3.63) is 83.5 Å². The van der Waals surface area contributed by atoms with Crippen molar-refractivity contribution >= 4 is 39.5 Å². The first kappa shape index (κ1) is 26.8. The zero-order valence-corrected chi connectivity index (χ0v) is 25.1. The van der Waals surface area contributed by atoms with Crippen molar-refractivity contribution in [3.63, 3.8) is 0 Å². The fraction of sp³-hybridized carbons (Fsp3) is 0.394. The van der Waals surface area contributed by atoms with E-state index in [0.29, 0.717) is 23.6 Å². The highest BCUT2D eigenvalue weighted by molar-refractivity contribution is 6.33. The molecule has 1 aliphatic heterocycles. The largest absolute Gasteiger partial charge is 0.497 e. The maximum absolute atomic E-state index is 6.61. The molecule has 3 aliphatic rings. The van der Waals surface area contributed by atoms with E-state index in [2.05, 4.69) is 49.2 Å². The summed E-state index contributed by atoms with van der Waals surface area (Å²) in [5, 5.41) is 5.72. The number of anilines is 1. The Morgan fingerprint density at radius 2 is 1.88 bits per heavy atom. The number of nitrogens with zero attached hydrogens (tertiary/aromatic N) is 5. The van der Waals surface area contributed by atoms with Crippen LogP contribution in [0.4, 0.5) is 5.95 Å². The van der Waals surface area contributed by atoms with Gasteiger partial charge in [-0.05, 0) is 74.4 Å². The van der Waals surface area contributed by atoms with Gasteiger partial charge in [-0.15, -0.1) is 0 Å². The third-order valence-electron chi connectivity index (χ3n) is 9.54. The molecule has 5 atom stereocenters. The molecule has 5 aromatic rings. The number of fused-ring (bicyclic) bond motifs is 5. The van der Waals surface area contributed by atoms with Crippen LogP contribution in [0, 0.1) is 11.3 Å². The van der Waals surface area contributed by atoms with Crippen LogP contribution < -0.4 is 10.1 Å². The standard InChI is InChI=1S/C33H33ClN6O3/c1-32(2)42-27-26(40-13-11-23-29(34)37-18-38-30(23)40)24-15-33(24,28(27)43-32)12-10-19-4-7-21-17-36-31(39-25(21)14-19)35-16-20-5-8-22(41-3)9-6-20/h4-9,11,13-14,17-18,24,26-28H,10,12,15-16H2,1-3H3,(H,35,36,39)/t24-,26-,27+,28+,33-/m1/s1. The summed E-state index contributed by atoms with van der Waals surface area (Å²) in [5.74, 6) is 1.27. The Bertz CT molecular complexity index is 1840. The van der Waals surface area contributed by atoms with Crippen molar-refractivity contribution in [2.45, 2.75) is 63.7 Å². The van der Waals surface area contributed by atoms with E-state index in [-0.39, 0.29) is 23.7 Å². The molecule has 220 valence electrons. The van der Waals surface area contributed by atoms with E-state index in [4.69, 9.17) is 30.8 Å². The fourth-order valence-electron chi connectivity index (χ4n) is 7.42. The number of rotatable bonds is 8. The molecule has 2 saturated carbocycles. The minimum atomic E-state index is -0.626. The molecule has 2 aromatic carbocycles. The summed E-state index contributed by atoms with van der Waals surface area (Å²) in [6, 6.07) is 16.6. The van der Waals surface area contributed by atoms with Crippen LogP contribution in [0.5, 0.6) is 5.75 Å². The number of aryl methyl sites for hydroxylation is 1. The molecule has 2 aliphatic carbocycles. The number of ether oxygens (including phenoxy) is 3. The summed E-state index contributed by atoms with van der Waals surface area (Å²) in [4.78, 5) is 18.1. The highest BCUT2D eigenvalue weighted by atomic mass is 35.5. The molecule has 1 saturated heterocycles. The maximum Gasteiger partial charge on any atom is 0.223 e. The molecule has 4 heterocycles. The first-order valence-corrected chi connectivity index (χ1v) is 15.2. The molecule has 9 nitrogen and oxygen atoms in total. The molecule has 0 spiro atoms. The molecule has 1 N–H and O–H groups in total. The van der Waals surface area contributed by atoms with Crippen LogP contribution in [0.3, 0.4) is 0 Å². The van der Waals surface area contributed by atoms with Crippen LogP contribution in [0.2, 0.25) is 5.15 Å². The molecule has 0 unspecified atom stereocenters. The lowest BCUT2D eigenvalue weighted by atomic mass is 9.91. The van der Waals surface area contributed by atoms with E-state index in [1.807, 2.05) is 50.4 Å². The SMILES string of the molecule is COc1ccc(CNc2ncc3ccc(CC[C@@]45C[C@@H]4[C@@H](n4ccc6c(Cl)ncnc64)[C@@H]4OC(C)(C)O[C@@H]45)cc3n2)cc1. The lowest BCUT2D eigenvalue weighted by Gasteiger charge is -2.24. The molecular formula is C33H33ClN6O3. The molecule has 3 fully saturated rings. The van der Waals surface area contributed by atoms with Gasteiger partial charge in [-0.1, -0.05) is 35.9 Å². The lowest BCUT2D eigenvalue weighted by Crippen LogP contribution is -2.32. The van der Waals surface area contributed by atoms with E-state index in [9.17, 15) is 0 Å². The molecular weight excluding hydrogens is 564 g/mol. The van der Waals surface area contributed by atoms with Crippen LogP contribution in [0.25, 0.3) is 21.9 Å². The normalized spacial score (nSPS) is 26.9. The molecule has 43 heavy (non-hydrogen) atoms. The van der Waals surface area contributed by atoms with Gasteiger partial charge in [-0.25, -0.2) is 19.9 Å². The van der Waals surface area contributed by atoms with Gasteiger partial charge in [0, 0.05) is 29.7 Å². The molecule has 0 radical (unpaired) electrons. The first-order valence-electron chi connectivity index (χ1n) is 14.8. The second-order valence-electron chi connectivity index (χ2n) is 12.5. The summed E-state index contributed by atoms with van der Waals surface area (Å²) >= 11 is 6.39. The summed E-state index contributed by atoms with van der Waals surface area (Å²) in [7, 11) is 1.67. The van der Waals surface area contributed by atoms with Crippen molar-refractivity contribution in [1.82, 2.24) is 24.5 Å². The van der Waals surface area contributed by atoms with E-state index < -0.39 is 5.79 Å². The van der Waals surface area contributed by atoms with Gasteiger partial charge < -0.3 is 24.1 Å². The van der Waals surface area contributed by atoms with Gasteiger partial charge in [0.1, 0.15) is 29.0 Å². The first-order chi connectivity index (χ1) is 20.8. The van der Waals surface area contributed by atoms with Crippen LogP contribution in [0.15, 0.2) is 67.3 Å². The highest BCUT2D eigenvalue weighted by Gasteiger charge is 2.75. The number of nitrogens with one attached hydrogen (secondary N) is 1. The number of halogens is 1. The van der Waals surface area contributed by atoms with Crippen molar-refractivity contribution in [1.29, 1.82) is 0 Å². The molecule has 8 rings (SSSR count). The van der Waals surface area contributed by atoms with Gasteiger partial charge in [0.05, 0.1) is 30.2 Å². The van der Waals surface area contributed by atoms with Crippen molar-refractivity contribution in [2.24, 2.45) is 11.3 Å².